The van der Waals surface area contributed by atoms with E-state index < -0.39 is 6.10 Å². The fraction of sp³-hybridized carbons (Fsp3) is 0.611. The zero-order chi connectivity index (χ0) is 16.7. The highest BCUT2D eigenvalue weighted by atomic mass is 16.5. The van der Waals surface area contributed by atoms with Crippen molar-refractivity contribution in [3.8, 4) is 0 Å². The van der Waals surface area contributed by atoms with Gasteiger partial charge in [0.25, 0.3) is 0 Å². The molecule has 0 spiro atoms. The van der Waals surface area contributed by atoms with Crippen molar-refractivity contribution in [1.29, 1.82) is 0 Å². The van der Waals surface area contributed by atoms with Crippen LogP contribution in [0, 0.1) is 5.92 Å². The summed E-state index contributed by atoms with van der Waals surface area (Å²) in [4.78, 5) is 13.9. The van der Waals surface area contributed by atoms with E-state index in [-0.39, 0.29) is 12.1 Å². The second-order valence-electron chi connectivity index (χ2n) is 6.43. The smallest absolute Gasteiger partial charge is 0.317 e. The van der Waals surface area contributed by atoms with Crippen LogP contribution in [-0.2, 0) is 4.74 Å². The van der Waals surface area contributed by atoms with Crippen LogP contribution in [0.25, 0.3) is 0 Å². The molecule has 2 amide bonds. The van der Waals surface area contributed by atoms with Gasteiger partial charge in [-0.1, -0.05) is 30.3 Å². The molecule has 2 rings (SSSR count). The standard InChI is InChI=1S/C18H28N2O3/c1-14(21)13-20(2)18(22)19-17(16-6-4-3-5-7-16)12-15-8-10-23-11-9-15/h3-7,14-15,17,21H,8-13H2,1-2H3,(H,19,22)/t14-,17+/m0/s1. The van der Waals surface area contributed by atoms with Gasteiger partial charge in [0.1, 0.15) is 0 Å². The fourth-order valence-electron chi connectivity index (χ4n) is 3.02. The summed E-state index contributed by atoms with van der Waals surface area (Å²) in [5.74, 6) is 0.566. The number of hydrogen-bond acceptors (Lipinski definition) is 3. The molecular formula is C18H28N2O3. The van der Waals surface area contributed by atoms with Gasteiger partial charge in [-0.15, -0.1) is 0 Å². The van der Waals surface area contributed by atoms with E-state index in [4.69, 9.17) is 4.74 Å². The Kier molecular flexibility index (Phi) is 6.86. The number of hydrogen-bond donors (Lipinski definition) is 2. The molecule has 1 aliphatic rings. The molecule has 5 heteroatoms. The third-order valence-electron chi connectivity index (χ3n) is 4.29. The first-order valence-electron chi connectivity index (χ1n) is 8.38. The summed E-state index contributed by atoms with van der Waals surface area (Å²) in [5, 5.41) is 12.6. The average molecular weight is 320 g/mol. The Hall–Kier alpha value is -1.59. The Morgan fingerprint density at radius 1 is 1.35 bits per heavy atom. The topological polar surface area (TPSA) is 61.8 Å². The lowest BCUT2D eigenvalue weighted by molar-refractivity contribution is 0.0605. The summed E-state index contributed by atoms with van der Waals surface area (Å²) >= 11 is 0. The van der Waals surface area contributed by atoms with Crippen molar-refractivity contribution in [2.45, 2.75) is 38.3 Å². The van der Waals surface area contributed by atoms with Crippen molar-refractivity contribution < 1.29 is 14.6 Å². The van der Waals surface area contributed by atoms with E-state index in [0.29, 0.717) is 12.5 Å². The Morgan fingerprint density at radius 2 is 2.00 bits per heavy atom. The third-order valence-corrected chi connectivity index (χ3v) is 4.29. The minimum absolute atomic E-state index is 0.0109. The van der Waals surface area contributed by atoms with Gasteiger partial charge >= 0.3 is 6.03 Å². The number of carbonyl (C=O) groups is 1. The first kappa shape index (κ1) is 17.8. The van der Waals surface area contributed by atoms with Crippen LogP contribution >= 0.6 is 0 Å². The molecule has 1 aromatic rings. The molecule has 0 radical (unpaired) electrons. The molecule has 23 heavy (non-hydrogen) atoms. The number of nitrogens with one attached hydrogen (secondary N) is 1. The Bertz CT molecular complexity index is 472. The van der Waals surface area contributed by atoms with Gasteiger partial charge < -0.3 is 20.1 Å². The van der Waals surface area contributed by atoms with Crippen LogP contribution in [0.5, 0.6) is 0 Å². The summed E-state index contributed by atoms with van der Waals surface area (Å²) in [6.45, 7) is 3.62. The number of ether oxygens (including phenoxy) is 1. The highest BCUT2D eigenvalue weighted by Gasteiger charge is 2.23. The fourth-order valence-corrected chi connectivity index (χ4v) is 3.02. The van der Waals surface area contributed by atoms with Crippen LogP contribution in [0.2, 0.25) is 0 Å². The van der Waals surface area contributed by atoms with E-state index in [9.17, 15) is 9.90 Å². The molecule has 1 aliphatic heterocycles. The van der Waals surface area contributed by atoms with Gasteiger partial charge in [-0.2, -0.15) is 0 Å². The maximum Gasteiger partial charge on any atom is 0.317 e. The minimum atomic E-state index is -0.531. The van der Waals surface area contributed by atoms with Gasteiger partial charge in [-0.25, -0.2) is 4.79 Å². The number of rotatable bonds is 6. The number of likely N-dealkylation sites (N-methyl/N-ethyl adjacent to an activating group) is 1. The van der Waals surface area contributed by atoms with Crippen molar-refractivity contribution in [3.63, 3.8) is 0 Å². The normalized spacial score (nSPS) is 18.2. The average Bonchev–Trinajstić information content (AvgIpc) is 2.55. The van der Waals surface area contributed by atoms with Gasteiger partial charge in [-0.3, -0.25) is 0 Å². The predicted octanol–water partition coefficient (Wildman–Crippen LogP) is 2.57. The lowest BCUT2D eigenvalue weighted by atomic mass is 9.89. The maximum atomic E-state index is 12.4. The Labute approximate surface area is 138 Å². The van der Waals surface area contributed by atoms with Crippen LogP contribution in [0.15, 0.2) is 30.3 Å². The molecule has 5 nitrogen and oxygen atoms in total. The van der Waals surface area contributed by atoms with Crippen LogP contribution in [0.1, 0.15) is 37.8 Å². The molecule has 1 heterocycles. The van der Waals surface area contributed by atoms with Crippen molar-refractivity contribution in [1.82, 2.24) is 10.2 Å². The van der Waals surface area contributed by atoms with Crippen LogP contribution in [0.3, 0.4) is 0 Å². The lowest BCUT2D eigenvalue weighted by Crippen LogP contribution is -2.42. The molecule has 0 aliphatic carbocycles. The van der Waals surface area contributed by atoms with Crippen molar-refractivity contribution in [3.05, 3.63) is 35.9 Å². The van der Waals surface area contributed by atoms with Gasteiger partial charge in [0.05, 0.1) is 12.1 Å². The van der Waals surface area contributed by atoms with E-state index in [2.05, 4.69) is 17.4 Å². The molecule has 0 bridgehead atoms. The zero-order valence-corrected chi connectivity index (χ0v) is 14.1. The second-order valence-corrected chi connectivity index (χ2v) is 6.43. The molecule has 2 atom stereocenters. The highest BCUT2D eigenvalue weighted by molar-refractivity contribution is 5.74. The molecule has 1 aromatic carbocycles. The van der Waals surface area contributed by atoms with Gasteiger partial charge in [0, 0.05) is 26.8 Å². The molecule has 0 unspecified atom stereocenters. The number of nitrogens with zero attached hydrogens (tertiary/aromatic N) is 1. The zero-order valence-electron chi connectivity index (χ0n) is 14.1. The molecule has 1 fully saturated rings. The first-order chi connectivity index (χ1) is 11.1. The second kappa shape index (κ2) is 8.89. The maximum absolute atomic E-state index is 12.4. The van der Waals surface area contributed by atoms with Crippen LogP contribution in [0.4, 0.5) is 4.79 Å². The minimum Gasteiger partial charge on any atom is -0.392 e. The summed E-state index contributed by atoms with van der Waals surface area (Å²) in [7, 11) is 1.71. The Balaban J connectivity index is 2.02. The molecule has 0 saturated carbocycles. The molecule has 2 N–H and O–H groups in total. The third kappa shape index (κ3) is 5.84. The molecule has 1 saturated heterocycles. The SMILES string of the molecule is C[C@H](O)CN(C)C(=O)N[C@H](CC1CCOCC1)c1ccccc1. The number of amides is 2. The number of carbonyl (C=O) groups excluding carboxylic acids is 1. The van der Waals surface area contributed by atoms with Crippen molar-refractivity contribution in [2.75, 3.05) is 26.8 Å². The number of benzene rings is 1. The summed E-state index contributed by atoms with van der Waals surface area (Å²) in [6, 6.07) is 9.93. The summed E-state index contributed by atoms with van der Waals surface area (Å²) < 4.78 is 5.43. The number of aliphatic hydroxyl groups is 1. The quantitative estimate of drug-likeness (QED) is 0.847. The molecular weight excluding hydrogens is 292 g/mol. The van der Waals surface area contributed by atoms with Gasteiger partial charge in [0.15, 0.2) is 0 Å². The molecule has 128 valence electrons. The van der Waals surface area contributed by atoms with Crippen molar-refractivity contribution >= 4 is 6.03 Å². The number of aliphatic hydroxyl groups excluding tert-OH is 1. The lowest BCUT2D eigenvalue weighted by Gasteiger charge is -2.29. The summed E-state index contributed by atoms with van der Waals surface area (Å²) in [5.41, 5.74) is 1.12. The van der Waals surface area contributed by atoms with E-state index in [1.54, 1.807) is 14.0 Å². The van der Waals surface area contributed by atoms with E-state index in [1.807, 2.05) is 18.2 Å². The monoisotopic (exact) mass is 320 g/mol. The molecule has 0 aromatic heterocycles. The summed E-state index contributed by atoms with van der Waals surface area (Å²) in [6.07, 6.45) is 2.48. The van der Waals surface area contributed by atoms with Gasteiger partial charge in [0.2, 0.25) is 0 Å². The first-order valence-corrected chi connectivity index (χ1v) is 8.38. The number of urea groups is 1. The van der Waals surface area contributed by atoms with Crippen LogP contribution in [-0.4, -0.2) is 48.9 Å². The predicted molar refractivity (Wildman–Crippen MR) is 90.2 cm³/mol. The van der Waals surface area contributed by atoms with Gasteiger partial charge in [-0.05, 0) is 37.7 Å². The van der Waals surface area contributed by atoms with Crippen LogP contribution < -0.4 is 5.32 Å². The van der Waals surface area contributed by atoms with E-state index in [0.717, 1.165) is 38.0 Å². The largest absolute Gasteiger partial charge is 0.392 e. The van der Waals surface area contributed by atoms with E-state index in [1.165, 1.54) is 4.90 Å². The Morgan fingerprint density at radius 3 is 2.61 bits per heavy atom. The van der Waals surface area contributed by atoms with E-state index >= 15 is 0 Å². The highest BCUT2D eigenvalue weighted by Crippen LogP contribution is 2.27. The van der Waals surface area contributed by atoms with Crippen molar-refractivity contribution in [2.24, 2.45) is 5.92 Å².